The number of rotatable bonds is 4. The first kappa shape index (κ1) is 19.1. The van der Waals surface area contributed by atoms with Crippen molar-refractivity contribution in [3.63, 3.8) is 0 Å². The van der Waals surface area contributed by atoms with Crippen LogP contribution in [0.4, 0.5) is 10.8 Å². The molecule has 1 unspecified atom stereocenters. The number of anilines is 1. The molecule has 4 fully saturated rings. The second-order valence-electron chi connectivity index (χ2n) is 9.92. The zero-order chi connectivity index (χ0) is 21.1. The Balaban J connectivity index is 1.03. The van der Waals surface area contributed by atoms with Crippen molar-refractivity contribution in [3.05, 3.63) is 41.7 Å². The molecule has 0 bridgehead atoms. The first-order chi connectivity index (χ1) is 15.0. The van der Waals surface area contributed by atoms with Gasteiger partial charge in [0.05, 0.1) is 6.04 Å². The molecule has 1 aliphatic carbocycles. The first-order valence-electron chi connectivity index (χ1n) is 11.4. The fourth-order valence-electron chi connectivity index (χ4n) is 6.13. The van der Waals surface area contributed by atoms with Crippen LogP contribution in [-0.4, -0.2) is 65.0 Å². The van der Waals surface area contributed by atoms with Crippen molar-refractivity contribution in [2.75, 3.05) is 31.1 Å². The number of alkyl carbamates (subject to hydrolysis) is 1. The molecule has 2 spiro atoms. The summed E-state index contributed by atoms with van der Waals surface area (Å²) in [4.78, 5) is 21.3. The summed E-state index contributed by atoms with van der Waals surface area (Å²) in [5.41, 5.74) is 1.29. The Labute approximate surface area is 181 Å². The summed E-state index contributed by atoms with van der Waals surface area (Å²) in [6, 6.07) is 11.7. The van der Waals surface area contributed by atoms with E-state index in [0.29, 0.717) is 23.3 Å². The van der Waals surface area contributed by atoms with Gasteiger partial charge in [-0.2, -0.15) is 4.98 Å². The molecule has 1 saturated carbocycles. The van der Waals surface area contributed by atoms with Crippen molar-refractivity contribution in [3.8, 4) is 0 Å². The number of piperidine rings is 1. The van der Waals surface area contributed by atoms with Gasteiger partial charge in [-0.25, -0.2) is 4.79 Å². The van der Waals surface area contributed by atoms with Gasteiger partial charge in [0.1, 0.15) is 5.60 Å². The average Bonchev–Trinajstić information content (AvgIpc) is 3.25. The molecule has 1 atom stereocenters. The largest absolute Gasteiger partial charge is 0.441 e. The van der Waals surface area contributed by atoms with Crippen molar-refractivity contribution >= 4 is 12.1 Å². The zero-order valence-electron chi connectivity index (χ0n) is 17.9. The molecular formula is C23H29N5O3. The maximum absolute atomic E-state index is 12.1. The van der Waals surface area contributed by atoms with E-state index in [4.69, 9.17) is 9.26 Å². The van der Waals surface area contributed by atoms with Crippen molar-refractivity contribution < 1.29 is 14.1 Å². The van der Waals surface area contributed by atoms with Gasteiger partial charge in [-0.05, 0) is 31.7 Å². The SMILES string of the molecule is Cc1noc(N2CC3(CC(N4CCC5(CC4)OC(=O)NC5Cc4ccccc4)C3)C2)n1. The topological polar surface area (TPSA) is 83.7 Å². The summed E-state index contributed by atoms with van der Waals surface area (Å²) in [5, 5.41) is 6.98. The van der Waals surface area contributed by atoms with E-state index in [1.165, 1.54) is 18.4 Å². The van der Waals surface area contributed by atoms with Gasteiger partial charge < -0.3 is 24.4 Å². The van der Waals surface area contributed by atoms with Gasteiger partial charge >= 0.3 is 12.1 Å². The molecule has 3 saturated heterocycles. The third-order valence-electron chi connectivity index (χ3n) is 7.84. The van der Waals surface area contributed by atoms with Crippen LogP contribution in [0.5, 0.6) is 0 Å². The van der Waals surface area contributed by atoms with E-state index >= 15 is 0 Å². The summed E-state index contributed by atoms with van der Waals surface area (Å²) in [7, 11) is 0. The highest BCUT2D eigenvalue weighted by Gasteiger charge is 2.57. The van der Waals surface area contributed by atoms with Crippen LogP contribution in [-0.2, 0) is 11.2 Å². The van der Waals surface area contributed by atoms with Crippen molar-refractivity contribution in [1.29, 1.82) is 0 Å². The van der Waals surface area contributed by atoms with Crippen molar-refractivity contribution in [2.24, 2.45) is 5.41 Å². The Morgan fingerprint density at radius 3 is 2.58 bits per heavy atom. The highest BCUT2D eigenvalue weighted by molar-refractivity contribution is 5.71. The number of ether oxygens (including phenoxy) is 1. The highest BCUT2D eigenvalue weighted by atomic mass is 16.6. The minimum atomic E-state index is -0.367. The monoisotopic (exact) mass is 423 g/mol. The molecule has 1 N–H and O–H groups in total. The highest BCUT2D eigenvalue weighted by Crippen LogP contribution is 2.52. The van der Waals surface area contributed by atoms with Crippen LogP contribution in [0.25, 0.3) is 0 Å². The Hall–Kier alpha value is -2.61. The molecule has 3 aliphatic heterocycles. The lowest BCUT2D eigenvalue weighted by atomic mass is 9.60. The van der Waals surface area contributed by atoms with Gasteiger partial charge in [-0.1, -0.05) is 35.5 Å². The number of aromatic nitrogens is 2. The summed E-state index contributed by atoms with van der Waals surface area (Å²) >= 11 is 0. The fourth-order valence-corrected chi connectivity index (χ4v) is 6.13. The van der Waals surface area contributed by atoms with Gasteiger partial charge in [-0.15, -0.1) is 0 Å². The van der Waals surface area contributed by atoms with E-state index < -0.39 is 0 Å². The van der Waals surface area contributed by atoms with Crippen LogP contribution >= 0.6 is 0 Å². The normalized spacial score (nSPS) is 27.1. The Morgan fingerprint density at radius 2 is 1.90 bits per heavy atom. The molecule has 1 aromatic carbocycles. The van der Waals surface area contributed by atoms with Gasteiger partial charge in [0.25, 0.3) is 0 Å². The maximum atomic E-state index is 12.1. The molecule has 1 aromatic heterocycles. The number of hydrogen-bond acceptors (Lipinski definition) is 7. The van der Waals surface area contributed by atoms with Crippen LogP contribution in [0.2, 0.25) is 0 Å². The Morgan fingerprint density at radius 1 is 1.16 bits per heavy atom. The minimum absolute atomic E-state index is 0.0512. The minimum Gasteiger partial charge on any atom is -0.441 e. The number of benzene rings is 1. The first-order valence-corrected chi connectivity index (χ1v) is 11.4. The van der Waals surface area contributed by atoms with Gasteiger partial charge in [0.2, 0.25) is 0 Å². The number of carbonyl (C=O) groups excluding carboxylic acids is 1. The molecule has 8 heteroatoms. The number of hydrogen-bond donors (Lipinski definition) is 1. The third kappa shape index (κ3) is 3.28. The smallest absolute Gasteiger partial charge is 0.408 e. The van der Waals surface area contributed by atoms with Gasteiger partial charge in [-0.3, -0.25) is 0 Å². The standard InChI is InChI=1S/C23H29N5O3/c1-16-24-20(31-26-16)28-14-22(15-28)12-18(13-22)27-9-7-23(8-10-27)19(25-21(29)30-23)11-17-5-3-2-4-6-17/h2-6,18-19H,7-15H2,1H3,(H,25,29). The van der Waals surface area contributed by atoms with E-state index in [1.807, 2.05) is 13.0 Å². The molecule has 31 heavy (non-hydrogen) atoms. The molecule has 4 heterocycles. The van der Waals surface area contributed by atoms with E-state index in [-0.39, 0.29) is 17.7 Å². The van der Waals surface area contributed by atoms with Crippen LogP contribution < -0.4 is 10.2 Å². The van der Waals surface area contributed by atoms with Crippen LogP contribution in [0.15, 0.2) is 34.9 Å². The lowest BCUT2D eigenvalue weighted by Crippen LogP contribution is -2.68. The summed E-state index contributed by atoms with van der Waals surface area (Å²) in [6.07, 6.45) is 4.83. The molecule has 6 rings (SSSR count). The molecule has 0 radical (unpaired) electrons. The predicted octanol–water partition coefficient (Wildman–Crippen LogP) is 2.53. The molecule has 1 amide bonds. The third-order valence-corrected chi connectivity index (χ3v) is 7.84. The number of carbonyl (C=O) groups is 1. The van der Waals surface area contributed by atoms with Gasteiger partial charge in [0, 0.05) is 50.5 Å². The number of likely N-dealkylation sites (tertiary alicyclic amines) is 1. The van der Waals surface area contributed by atoms with E-state index in [0.717, 1.165) is 45.4 Å². The zero-order valence-corrected chi connectivity index (χ0v) is 17.9. The predicted molar refractivity (Wildman–Crippen MR) is 114 cm³/mol. The van der Waals surface area contributed by atoms with E-state index in [2.05, 4.69) is 49.5 Å². The Kier molecular flexibility index (Phi) is 4.28. The quantitative estimate of drug-likeness (QED) is 0.809. The van der Waals surface area contributed by atoms with Crippen molar-refractivity contribution in [1.82, 2.24) is 20.4 Å². The fraction of sp³-hybridized carbons (Fsp3) is 0.609. The maximum Gasteiger partial charge on any atom is 0.408 e. The summed E-state index contributed by atoms with van der Waals surface area (Å²) < 4.78 is 11.2. The number of amides is 1. The van der Waals surface area contributed by atoms with Crippen LogP contribution in [0, 0.1) is 12.3 Å². The lowest BCUT2D eigenvalue weighted by Gasteiger charge is -2.61. The van der Waals surface area contributed by atoms with E-state index in [9.17, 15) is 4.79 Å². The number of nitrogens with one attached hydrogen (secondary N) is 1. The van der Waals surface area contributed by atoms with Crippen LogP contribution in [0.3, 0.4) is 0 Å². The molecular weight excluding hydrogens is 394 g/mol. The van der Waals surface area contributed by atoms with Crippen molar-refractivity contribution in [2.45, 2.75) is 56.7 Å². The Bertz CT molecular complexity index is 955. The van der Waals surface area contributed by atoms with Crippen LogP contribution in [0.1, 0.15) is 37.1 Å². The molecule has 2 aromatic rings. The van der Waals surface area contributed by atoms with E-state index in [1.54, 1.807) is 0 Å². The second-order valence-corrected chi connectivity index (χ2v) is 9.92. The summed E-state index contributed by atoms with van der Waals surface area (Å²) in [5.74, 6) is 0.692. The number of aryl methyl sites for hydroxylation is 1. The molecule has 164 valence electrons. The molecule has 8 nitrogen and oxygen atoms in total. The molecule has 4 aliphatic rings. The average molecular weight is 424 g/mol. The second kappa shape index (κ2) is 6.95. The summed E-state index contributed by atoms with van der Waals surface area (Å²) in [6.45, 7) is 5.88. The number of nitrogens with zero attached hydrogens (tertiary/aromatic N) is 4. The van der Waals surface area contributed by atoms with Gasteiger partial charge in [0.15, 0.2) is 5.82 Å². The lowest BCUT2D eigenvalue weighted by molar-refractivity contribution is -0.0717.